The van der Waals surface area contributed by atoms with Crippen LogP contribution in [0, 0.1) is 5.92 Å². The molecule has 2 rings (SSSR count). The highest BCUT2D eigenvalue weighted by atomic mass is 14.1. The summed E-state index contributed by atoms with van der Waals surface area (Å²) in [6, 6.07) is 0. The van der Waals surface area contributed by atoms with Crippen LogP contribution in [0.3, 0.4) is 0 Å². The van der Waals surface area contributed by atoms with Gasteiger partial charge in [0.15, 0.2) is 0 Å². The van der Waals surface area contributed by atoms with Gasteiger partial charge in [-0.05, 0) is 5.92 Å². The topological polar surface area (TPSA) is 0 Å². The highest BCUT2D eigenvalue weighted by molar-refractivity contribution is 4.62. The Labute approximate surface area is 72.4 Å². The largest absolute Gasteiger partial charge is 0.0683 e. The van der Waals surface area contributed by atoms with Crippen molar-refractivity contribution in [1.29, 1.82) is 0 Å². The minimum absolute atomic E-state index is 1.06. The van der Waals surface area contributed by atoms with Crippen LogP contribution in [0.1, 0.15) is 65.7 Å². The maximum atomic E-state index is 2.31. The molecule has 0 amide bonds. The van der Waals surface area contributed by atoms with Gasteiger partial charge >= 0.3 is 0 Å². The summed E-state index contributed by atoms with van der Waals surface area (Å²) in [7, 11) is 0. The molecule has 0 spiro atoms. The van der Waals surface area contributed by atoms with Gasteiger partial charge in [-0.15, -0.1) is 0 Å². The van der Waals surface area contributed by atoms with Gasteiger partial charge in [0.2, 0.25) is 0 Å². The van der Waals surface area contributed by atoms with Crippen LogP contribution >= 0.6 is 0 Å². The van der Waals surface area contributed by atoms with Crippen LogP contribution in [-0.2, 0) is 0 Å². The lowest BCUT2D eigenvalue weighted by Crippen LogP contribution is -2.04. The van der Waals surface area contributed by atoms with Gasteiger partial charge in [-0.2, -0.15) is 0 Å². The van der Waals surface area contributed by atoms with E-state index in [0.717, 1.165) is 5.92 Å². The molecular weight excluding hydrogens is 132 g/mol. The lowest BCUT2D eigenvalue weighted by Gasteiger charge is -2.18. The highest BCUT2D eigenvalue weighted by Gasteiger charge is 2.09. The molecule has 0 bridgehead atoms. The van der Waals surface area contributed by atoms with Crippen LogP contribution in [0.15, 0.2) is 0 Å². The molecule has 0 aromatic carbocycles. The fourth-order valence-corrected chi connectivity index (χ4v) is 0.862. The molecule has 0 radical (unpaired) electrons. The van der Waals surface area contributed by atoms with Crippen molar-refractivity contribution < 1.29 is 0 Å². The predicted octanol–water partition coefficient (Wildman–Crippen LogP) is 4.39. The van der Waals surface area contributed by atoms with E-state index in [1.54, 1.807) is 0 Å². The van der Waals surface area contributed by atoms with Gasteiger partial charge in [-0.25, -0.2) is 0 Å². The Morgan fingerprint density at radius 2 is 1.00 bits per heavy atom. The number of rotatable bonds is 0. The zero-order valence-corrected chi connectivity index (χ0v) is 8.53. The standard InChI is InChI=1S/C5H10.C4H8.C2H6/c1-5-3-2-4-5;1-2-4-3-1;1-2/h5H,2-4H2,1H3;1-4H2;1-2H3. The summed E-state index contributed by atoms with van der Waals surface area (Å²) in [6.45, 7) is 6.31. The molecule has 0 aromatic rings. The first-order valence-electron chi connectivity index (χ1n) is 5.39. The summed E-state index contributed by atoms with van der Waals surface area (Å²) >= 11 is 0. The molecule has 0 N–H and O–H groups in total. The van der Waals surface area contributed by atoms with Crippen molar-refractivity contribution in [2.24, 2.45) is 5.92 Å². The van der Waals surface area contributed by atoms with Gasteiger partial charge in [-0.3, -0.25) is 0 Å². The molecular formula is C11H24. The third-order valence-electron chi connectivity index (χ3n) is 2.39. The van der Waals surface area contributed by atoms with Crippen molar-refractivity contribution in [2.45, 2.75) is 65.7 Å². The Bertz CT molecular complexity index is 54.4. The first kappa shape index (κ1) is 11.0. The van der Waals surface area contributed by atoms with Crippen molar-refractivity contribution in [3.8, 4) is 0 Å². The molecule has 0 aromatic heterocycles. The number of hydrogen-bond donors (Lipinski definition) is 0. The summed E-state index contributed by atoms with van der Waals surface area (Å²) in [6.07, 6.45) is 10.5. The van der Waals surface area contributed by atoms with Gasteiger partial charge in [0.05, 0.1) is 0 Å². The van der Waals surface area contributed by atoms with E-state index in [4.69, 9.17) is 0 Å². The summed E-state index contributed by atoms with van der Waals surface area (Å²) in [5, 5.41) is 0. The van der Waals surface area contributed by atoms with E-state index >= 15 is 0 Å². The first-order chi connectivity index (χ1) is 5.39. The maximum absolute atomic E-state index is 2.31. The molecule has 0 heterocycles. The van der Waals surface area contributed by atoms with E-state index in [2.05, 4.69) is 6.92 Å². The van der Waals surface area contributed by atoms with Crippen molar-refractivity contribution in [3.63, 3.8) is 0 Å². The zero-order chi connectivity index (χ0) is 8.53. The fraction of sp³-hybridized carbons (Fsp3) is 1.00. The Balaban J connectivity index is 0.000000152. The van der Waals surface area contributed by atoms with Gasteiger partial charge in [0.1, 0.15) is 0 Å². The lowest BCUT2D eigenvalue weighted by molar-refractivity contribution is 0.346. The van der Waals surface area contributed by atoms with Gasteiger partial charge < -0.3 is 0 Å². The second-order valence-electron chi connectivity index (χ2n) is 3.45. The molecule has 0 atom stereocenters. The average molecular weight is 156 g/mol. The Morgan fingerprint density at radius 3 is 1.00 bits per heavy atom. The molecule has 0 saturated heterocycles. The van der Waals surface area contributed by atoms with E-state index in [9.17, 15) is 0 Å². The SMILES string of the molecule is C1CCC1.CC.CC1CCC1. The lowest BCUT2D eigenvalue weighted by atomic mass is 9.88. The van der Waals surface area contributed by atoms with Crippen molar-refractivity contribution >= 4 is 0 Å². The minimum Gasteiger partial charge on any atom is -0.0683 e. The first-order valence-corrected chi connectivity index (χ1v) is 5.39. The number of hydrogen-bond acceptors (Lipinski definition) is 0. The molecule has 68 valence electrons. The summed E-state index contributed by atoms with van der Waals surface area (Å²) < 4.78 is 0. The molecule has 2 fully saturated rings. The van der Waals surface area contributed by atoms with E-state index in [1.165, 1.54) is 44.9 Å². The molecule has 0 nitrogen and oxygen atoms in total. The van der Waals surface area contributed by atoms with Crippen LogP contribution in [0.25, 0.3) is 0 Å². The molecule has 2 saturated carbocycles. The van der Waals surface area contributed by atoms with Crippen LogP contribution < -0.4 is 0 Å². The van der Waals surface area contributed by atoms with Gasteiger partial charge in [0.25, 0.3) is 0 Å². The van der Waals surface area contributed by atoms with Crippen LogP contribution in [-0.4, -0.2) is 0 Å². The monoisotopic (exact) mass is 156 g/mol. The van der Waals surface area contributed by atoms with E-state index < -0.39 is 0 Å². The predicted molar refractivity (Wildman–Crippen MR) is 52.8 cm³/mol. The van der Waals surface area contributed by atoms with Gasteiger partial charge in [0, 0.05) is 0 Å². The Kier molecular flexibility index (Phi) is 8.10. The molecule has 0 heteroatoms. The summed E-state index contributed by atoms with van der Waals surface area (Å²) in [4.78, 5) is 0. The molecule has 2 aliphatic rings. The van der Waals surface area contributed by atoms with Crippen molar-refractivity contribution in [1.82, 2.24) is 0 Å². The third-order valence-corrected chi connectivity index (χ3v) is 2.39. The normalized spacial score (nSPS) is 21.0. The van der Waals surface area contributed by atoms with Crippen LogP contribution in [0.5, 0.6) is 0 Å². The molecule has 2 aliphatic carbocycles. The Hall–Kier alpha value is 0. The highest BCUT2D eigenvalue weighted by Crippen LogP contribution is 2.24. The summed E-state index contributed by atoms with van der Waals surface area (Å²) in [5.41, 5.74) is 0. The van der Waals surface area contributed by atoms with Gasteiger partial charge in [-0.1, -0.05) is 65.7 Å². The van der Waals surface area contributed by atoms with E-state index in [-0.39, 0.29) is 0 Å². The second-order valence-corrected chi connectivity index (χ2v) is 3.45. The Morgan fingerprint density at radius 1 is 0.727 bits per heavy atom. The fourth-order valence-electron chi connectivity index (χ4n) is 0.862. The molecule has 0 aliphatic heterocycles. The third kappa shape index (κ3) is 6.40. The molecule has 11 heavy (non-hydrogen) atoms. The smallest absolute Gasteiger partial charge is 0.0443 e. The van der Waals surface area contributed by atoms with Crippen molar-refractivity contribution in [2.75, 3.05) is 0 Å². The van der Waals surface area contributed by atoms with Crippen LogP contribution in [0.2, 0.25) is 0 Å². The zero-order valence-electron chi connectivity index (χ0n) is 8.53. The second kappa shape index (κ2) is 8.10. The van der Waals surface area contributed by atoms with E-state index in [0.29, 0.717) is 0 Å². The maximum Gasteiger partial charge on any atom is -0.0443 e. The average Bonchev–Trinajstić information content (AvgIpc) is 1.85. The minimum atomic E-state index is 1.06. The van der Waals surface area contributed by atoms with Crippen molar-refractivity contribution in [3.05, 3.63) is 0 Å². The van der Waals surface area contributed by atoms with Crippen LogP contribution in [0.4, 0.5) is 0 Å². The van der Waals surface area contributed by atoms with E-state index in [1.807, 2.05) is 13.8 Å². The molecule has 0 unspecified atom stereocenters. The summed E-state index contributed by atoms with van der Waals surface area (Å²) in [5.74, 6) is 1.06. The quantitative estimate of drug-likeness (QED) is 0.488.